The quantitative estimate of drug-likeness (QED) is 0.332. The molecule has 0 spiro atoms. The number of carbonyl (C=O) groups excluding carboxylic acids is 1. The van der Waals surface area contributed by atoms with Gasteiger partial charge >= 0.3 is 0 Å². The SMILES string of the molecule is COc1ccc(/C=C/C(=O)c2cccc(Br)c2)cc1COc1ccc2c(c1)OCO2. The third kappa shape index (κ3) is 4.66. The Balaban J connectivity index is 1.48. The van der Waals surface area contributed by atoms with Crippen molar-refractivity contribution >= 4 is 27.8 Å². The number of methoxy groups -OCH3 is 1. The Morgan fingerprint density at radius 3 is 2.77 bits per heavy atom. The Morgan fingerprint density at radius 1 is 1.07 bits per heavy atom. The van der Waals surface area contributed by atoms with E-state index in [4.69, 9.17) is 18.9 Å². The molecule has 0 aromatic heterocycles. The number of ketones is 1. The third-order valence-corrected chi connectivity index (χ3v) is 5.07. The van der Waals surface area contributed by atoms with E-state index in [-0.39, 0.29) is 12.6 Å². The number of rotatable bonds is 7. The Kier molecular flexibility index (Phi) is 6.05. The van der Waals surface area contributed by atoms with E-state index in [2.05, 4.69) is 15.9 Å². The van der Waals surface area contributed by atoms with Crippen LogP contribution in [0.25, 0.3) is 6.08 Å². The van der Waals surface area contributed by atoms with Gasteiger partial charge in [0.15, 0.2) is 17.3 Å². The molecule has 0 unspecified atom stereocenters. The lowest BCUT2D eigenvalue weighted by atomic mass is 10.1. The maximum absolute atomic E-state index is 12.4. The van der Waals surface area contributed by atoms with Gasteiger partial charge in [0, 0.05) is 21.7 Å². The van der Waals surface area contributed by atoms with Crippen LogP contribution in [0.15, 0.2) is 71.2 Å². The van der Waals surface area contributed by atoms with Gasteiger partial charge in [-0.2, -0.15) is 0 Å². The second-order valence-electron chi connectivity index (χ2n) is 6.58. The highest BCUT2D eigenvalue weighted by Gasteiger charge is 2.14. The maximum atomic E-state index is 12.4. The van der Waals surface area contributed by atoms with E-state index in [1.54, 1.807) is 37.5 Å². The van der Waals surface area contributed by atoms with E-state index in [1.807, 2.05) is 42.5 Å². The number of halogens is 1. The first-order valence-corrected chi connectivity index (χ1v) is 10.1. The molecule has 0 N–H and O–H groups in total. The standard InChI is InChI=1S/C24H19BrO5/c1-27-22-9-6-16(5-8-21(26)17-3-2-4-19(25)12-17)11-18(22)14-28-20-7-10-23-24(13-20)30-15-29-23/h2-13H,14-15H2,1H3/b8-5+. The first kappa shape index (κ1) is 20.0. The molecule has 0 atom stereocenters. The first-order chi connectivity index (χ1) is 14.6. The van der Waals surface area contributed by atoms with E-state index in [1.165, 1.54) is 0 Å². The Morgan fingerprint density at radius 2 is 1.93 bits per heavy atom. The molecule has 4 rings (SSSR count). The van der Waals surface area contributed by atoms with Crippen molar-refractivity contribution in [2.24, 2.45) is 0 Å². The molecule has 3 aromatic carbocycles. The number of hydrogen-bond donors (Lipinski definition) is 0. The molecule has 0 saturated carbocycles. The number of fused-ring (bicyclic) bond motifs is 1. The summed E-state index contributed by atoms with van der Waals surface area (Å²) < 4.78 is 22.9. The van der Waals surface area contributed by atoms with Crippen LogP contribution in [0.5, 0.6) is 23.0 Å². The van der Waals surface area contributed by atoms with Crippen molar-refractivity contribution in [1.29, 1.82) is 0 Å². The summed E-state index contributed by atoms with van der Waals surface area (Å²) in [4.78, 5) is 12.4. The van der Waals surface area contributed by atoms with Gasteiger partial charge in [0.05, 0.1) is 7.11 Å². The summed E-state index contributed by atoms with van der Waals surface area (Å²) in [6.45, 7) is 0.531. The van der Waals surface area contributed by atoms with Gasteiger partial charge in [0.2, 0.25) is 6.79 Å². The van der Waals surface area contributed by atoms with Crippen molar-refractivity contribution < 1.29 is 23.7 Å². The van der Waals surface area contributed by atoms with Crippen LogP contribution in [0.3, 0.4) is 0 Å². The van der Waals surface area contributed by atoms with Gasteiger partial charge in [0.1, 0.15) is 18.1 Å². The fourth-order valence-electron chi connectivity index (χ4n) is 3.05. The van der Waals surface area contributed by atoms with Crippen molar-refractivity contribution in [1.82, 2.24) is 0 Å². The number of allylic oxidation sites excluding steroid dienone is 1. The highest BCUT2D eigenvalue weighted by Crippen LogP contribution is 2.35. The molecule has 6 heteroatoms. The number of hydrogen-bond acceptors (Lipinski definition) is 5. The van der Waals surface area contributed by atoms with Crippen molar-refractivity contribution in [2.75, 3.05) is 13.9 Å². The maximum Gasteiger partial charge on any atom is 0.231 e. The molecule has 0 saturated heterocycles. The lowest BCUT2D eigenvalue weighted by Gasteiger charge is -2.11. The van der Waals surface area contributed by atoms with Gasteiger partial charge in [-0.05, 0) is 48.0 Å². The number of carbonyl (C=O) groups is 1. The smallest absolute Gasteiger partial charge is 0.231 e. The lowest BCUT2D eigenvalue weighted by molar-refractivity contribution is 0.104. The third-order valence-electron chi connectivity index (χ3n) is 4.58. The molecule has 0 bridgehead atoms. The van der Waals surface area contributed by atoms with E-state index in [9.17, 15) is 4.79 Å². The van der Waals surface area contributed by atoms with Crippen molar-refractivity contribution in [3.05, 3.63) is 87.9 Å². The molecular weight excluding hydrogens is 448 g/mol. The molecule has 3 aromatic rings. The average molecular weight is 467 g/mol. The zero-order valence-electron chi connectivity index (χ0n) is 16.3. The monoisotopic (exact) mass is 466 g/mol. The Hall–Kier alpha value is -3.25. The van der Waals surface area contributed by atoms with Gasteiger partial charge < -0.3 is 18.9 Å². The van der Waals surface area contributed by atoms with E-state index in [0.29, 0.717) is 35.2 Å². The average Bonchev–Trinajstić information content (AvgIpc) is 3.24. The molecule has 1 aliphatic rings. The first-order valence-electron chi connectivity index (χ1n) is 9.30. The Bertz CT molecular complexity index is 1110. The molecule has 0 amide bonds. The van der Waals surface area contributed by atoms with Crippen LogP contribution in [-0.4, -0.2) is 19.7 Å². The van der Waals surface area contributed by atoms with Crippen LogP contribution < -0.4 is 18.9 Å². The molecule has 152 valence electrons. The summed E-state index contributed by atoms with van der Waals surface area (Å²) >= 11 is 3.39. The summed E-state index contributed by atoms with van der Waals surface area (Å²) in [6, 6.07) is 18.5. The summed E-state index contributed by atoms with van der Waals surface area (Å²) in [7, 11) is 1.62. The van der Waals surface area contributed by atoms with Crippen LogP contribution in [0.2, 0.25) is 0 Å². The van der Waals surface area contributed by atoms with Crippen LogP contribution >= 0.6 is 15.9 Å². The summed E-state index contributed by atoms with van der Waals surface area (Å²) in [5.74, 6) is 2.70. The normalized spacial score (nSPS) is 12.2. The fraction of sp³-hybridized carbons (Fsp3) is 0.125. The molecule has 30 heavy (non-hydrogen) atoms. The van der Waals surface area contributed by atoms with Crippen LogP contribution in [0, 0.1) is 0 Å². The number of benzene rings is 3. The minimum absolute atomic E-state index is 0.0646. The molecular formula is C24H19BrO5. The zero-order valence-corrected chi connectivity index (χ0v) is 17.8. The van der Waals surface area contributed by atoms with E-state index >= 15 is 0 Å². The van der Waals surface area contributed by atoms with E-state index < -0.39 is 0 Å². The largest absolute Gasteiger partial charge is 0.496 e. The van der Waals surface area contributed by atoms with Crippen molar-refractivity contribution in [3.63, 3.8) is 0 Å². The molecule has 5 nitrogen and oxygen atoms in total. The Labute approximate surface area is 183 Å². The van der Waals surface area contributed by atoms with Gasteiger partial charge in [-0.25, -0.2) is 0 Å². The molecule has 0 fully saturated rings. The molecule has 0 radical (unpaired) electrons. The summed E-state index contributed by atoms with van der Waals surface area (Å²) in [5.41, 5.74) is 2.37. The second-order valence-corrected chi connectivity index (χ2v) is 7.50. The fourth-order valence-corrected chi connectivity index (χ4v) is 3.45. The van der Waals surface area contributed by atoms with Crippen molar-refractivity contribution in [2.45, 2.75) is 6.61 Å². The second kappa shape index (κ2) is 9.05. The van der Waals surface area contributed by atoms with Gasteiger partial charge in [-0.15, -0.1) is 0 Å². The summed E-state index contributed by atoms with van der Waals surface area (Å²) in [5, 5.41) is 0. The molecule has 0 aliphatic carbocycles. The predicted molar refractivity (Wildman–Crippen MR) is 117 cm³/mol. The number of ether oxygens (including phenoxy) is 4. The topological polar surface area (TPSA) is 54.0 Å². The van der Waals surface area contributed by atoms with Crippen LogP contribution in [-0.2, 0) is 6.61 Å². The van der Waals surface area contributed by atoms with Crippen LogP contribution in [0.4, 0.5) is 0 Å². The minimum atomic E-state index is -0.0646. The van der Waals surface area contributed by atoms with Gasteiger partial charge in [-0.3, -0.25) is 4.79 Å². The lowest BCUT2D eigenvalue weighted by Crippen LogP contribution is -1.99. The molecule has 1 heterocycles. The predicted octanol–water partition coefficient (Wildman–Crippen LogP) is 5.66. The highest BCUT2D eigenvalue weighted by atomic mass is 79.9. The highest BCUT2D eigenvalue weighted by molar-refractivity contribution is 9.10. The van der Waals surface area contributed by atoms with Crippen LogP contribution in [0.1, 0.15) is 21.5 Å². The van der Waals surface area contributed by atoms with Crippen molar-refractivity contribution in [3.8, 4) is 23.0 Å². The van der Waals surface area contributed by atoms with E-state index in [0.717, 1.165) is 15.6 Å². The van der Waals surface area contributed by atoms with Gasteiger partial charge in [0.25, 0.3) is 0 Å². The van der Waals surface area contributed by atoms with Gasteiger partial charge in [-0.1, -0.05) is 40.2 Å². The zero-order chi connectivity index (χ0) is 20.9. The molecule has 1 aliphatic heterocycles. The minimum Gasteiger partial charge on any atom is -0.496 e. The summed E-state index contributed by atoms with van der Waals surface area (Å²) in [6.07, 6.45) is 3.35.